The molecule has 1 aromatic carbocycles. The molecule has 0 spiro atoms. The summed E-state index contributed by atoms with van der Waals surface area (Å²) in [5, 5.41) is 15.1. The highest BCUT2D eigenvalue weighted by Gasteiger charge is 2.31. The molecule has 0 N–H and O–H groups in total. The van der Waals surface area contributed by atoms with E-state index < -0.39 is 10.9 Å². The summed E-state index contributed by atoms with van der Waals surface area (Å²) in [6, 6.07) is 4.16. The van der Waals surface area contributed by atoms with Gasteiger partial charge in [-0.2, -0.15) is 5.10 Å². The van der Waals surface area contributed by atoms with Gasteiger partial charge < -0.3 is 4.74 Å². The van der Waals surface area contributed by atoms with E-state index in [4.69, 9.17) is 4.74 Å². The van der Waals surface area contributed by atoms with Gasteiger partial charge in [-0.25, -0.2) is 14.5 Å². The van der Waals surface area contributed by atoms with Crippen LogP contribution in [-0.4, -0.2) is 31.8 Å². The van der Waals surface area contributed by atoms with E-state index in [9.17, 15) is 14.9 Å². The van der Waals surface area contributed by atoms with Gasteiger partial charge in [0.25, 0.3) is 5.69 Å². The Hall–Kier alpha value is -2.77. The Labute approximate surface area is 125 Å². The number of ether oxygens (including phenoxy) is 1. The molecule has 2 aromatic rings. The second-order valence-corrected chi connectivity index (χ2v) is 5.25. The Bertz CT molecular complexity index is 710. The van der Waals surface area contributed by atoms with Gasteiger partial charge >= 0.3 is 5.97 Å². The molecule has 0 unspecified atom stereocenters. The first-order valence-corrected chi connectivity index (χ1v) is 6.90. The molecule has 1 aliphatic carbocycles. The molecular weight excluding hydrogens is 288 g/mol. The molecule has 1 heterocycles. The molecule has 0 bridgehead atoms. The number of aromatic nitrogens is 3. The van der Waals surface area contributed by atoms with E-state index in [1.54, 1.807) is 0 Å². The van der Waals surface area contributed by atoms with Gasteiger partial charge in [0.2, 0.25) is 0 Å². The fourth-order valence-corrected chi connectivity index (χ4v) is 2.22. The average molecular weight is 302 g/mol. The number of carbonyl (C=O) groups is 1. The smallest absolute Gasteiger partial charge is 0.338 e. The minimum atomic E-state index is -0.557. The minimum Gasteiger partial charge on any atom is -0.459 e. The lowest BCUT2D eigenvalue weighted by molar-refractivity contribution is -0.384. The van der Waals surface area contributed by atoms with Gasteiger partial charge in [0.05, 0.1) is 10.5 Å². The summed E-state index contributed by atoms with van der Waals surface area (Å²) in [6.07, 6.45) is 4.58. The van der Waals surface area contributed by atoms with Crippen molar-refractivity contribution in [3.63, 3.8) is 0 Å². The summed E-state index contributed by atoms with van der Waals surface area (Å²) in [5.41, 5.74) is 0.177. The van der Waals surface area contributed by atoms with Crippen LogP contribution in [0.3, 0.4) is 0 Å². The summed E-state index contributed by atoms with van der Waals surface area (Å²) in [4.78, 5) is 26.5. The van der Waals surface area contributed by atoms with Crippen LogP contribution in [-0.2, 0) is 4.74 Å². The monoisotopic (exact) mass is 302 g/mol. The van der Waals surface area contributed by atoms with Crippen molar-refractivity contribution in [2.24, 2.45) is 5.92 Å². The number of nitro groups is 1. The second-order valence-electron chi connectivity index (χ2n) is 5.25. The Morgan fingerprint density at radius 3 is 2.86 bits per heavy atom. The average Bonchev–Trinajstić information content (AvgIpc) is 3.22. The van der Waals surface area contributed by atoms with Gasteiger partial charge in [0, 0.05) is 6.07 Å². The maximum absolute atomic E-state index is 12.1. The molecule has 8 heteroatoms. The molecule has 8 nitrogen and oxygen atoms in total. The summed E-state index contributed by atoms with van der Waals surface area (Å²) in [5.74, 6) is -0.138. The fourth-order valence-electron chi connectivity index (χ4n) is 2.22. The predicted octanol–water partition coefficient (Wildman–Crippen LogP) is 2.13. The van der Waals surface area contributed by atoms with E-state index in [1.165, 1.54) is 35.5 Å². The lowest BCUT2D eigenvalue weighted by atomic mass is 10.1. The first kappa shape index (κ1) is 14.2. The van der Waals surface area contributed by atoms with Crippen molar-refractivity contribution in [2.75, 3.05) is 0 Å². The highest BCUT2D eigenvalue weighted by atomic mass is 16.6. The number of carbonyl (C=O) groups excluding carboxylic acids is 1. The molecule has 1 aliphatic rings. The Morgan fingerprint density at radius 1 is 1.50 bits per heavy atom. The van der Waals surface area contributed by atoms with Crippen LogP contribution in [0.2, 0.25) is 0 Å². The molecule has 0 amide bonds. The first-order chi connectivity index (χ1) is 10.6. The zero-order valence-corrected chi connectivity index (χ0v) is 11.9. The molecule has 0 radical (unpaired) electrons. The van der Waals surface area contributed by atoms with Crippen LogP contribution in [0.25, 0.3) is 5.69 Å². The third-order valence-corrected chi connectivity index (χ3v) is 3.65. The van der Waals surface area contributed by atoms with Crippen molar-refractivity contribution >= 4 is 11.7 Å². The fraction of sp³-hybridized carbons (Fsp3) is 0.357. The molecule has 3 rings (SSSR count). The molecular formula is C14H14N4O4. The van der Waals surface area contributed by atoms with E-state index >= 15 is 0 Å². The van der Waals surface area contributed by atoms with Gasteiger partial charge in [-0.1, -0.05) is 0 Å². The lowest BCUT2D eigenvalue weighted by Gasteiger charge is -2.12. The molecule has 0 saturated heterocycles. The Morgan fingerprint density at radius 2 is 2.27 bits per heavy atom. The van der Waals surface area contributed by atoms with Crippen molar-refractivity contribution in [2.45, 2.75) is 25.9 Å². The standard InChI is InChI=1S/C14H14N4O4/c1-9(10-2-3-10)22-14(19)11-4-5-12(13(6-11)18(20)21)17-8-15-7-16-17/h4-10H,2-3H2,1H3/t9-/m1/s1. The quantitative estimate of drug-likeness (QED) is 0.476. The van der Waals surface area contributed by atoms with Crippen molar-refractivity contribution in [3.8, 4) is 5.69 Å². The molecule has 22 heavy (non-hydrogen) atoms. The van der Waals surface area contributed by atoms with Crippen LogP contribution < -0.4 is 0 Å². The van der Waals surface area contributed by atoms with Crippen LogP contribution in [0.1, 0.15) is 30.1 Å². The summed E-state index contributed by atoms with van der Waals surface area (Å²) < 4.78 is 6.61. The molecule has 114 valence electrons. The largest absolute Gasteiger partial charge is 0.459 e. The van der Waals surface area contributed by atoms with Crippen LogP contribution in [0.15, 0.2) is 30.9 Å². The van der Waals surface area contributed by atoms with Crippen molar-refractivity contribution < 1.29 is 14.5 Å². The summed E-state index contributed by atoms with van der Waals surface area (Å²) in [6.45, 7) is 1.84. The van der Waals surface area contributed by atoms with Crippen LogP contribution in [0.5, 0.6) is 0 Å². The van der Waals surface area contributed by atoms with Gasteiger partial charge in [-0.3, -0.25) is 10.1 Å². The predicted molar refractivity (Wildman–Crippen MR) is 75.6 cm³/mol. The third kappa shape index (κ3) is 2.80. The van der Waals surface area contributed by atoms with Gasteiger partial charge in [0.1, 0.15) is 24.4 Å². The topological polar surface area (TPSA) is 100 Å². The number of rotatable bonds is 5. The van der Waals surface area contributed by atoms with E-state index in [1.807, 2.05) is 6.92 Å². The molecule has 1 fully saturated rings. The molecule has 1 saturated carbocycles. The molecule has 1 aromatic heterocycles. The zero-order chi connectivity index (χ0) is 15.7. The van der Waals surface area contributed by atoms with Crippen molar-refractivity contribution in [1.29, 1.82) is 0 Å². The van der Waals surface area contributed by atoms with E-state index in [0.29, 0.717) is 5.92 Å². The van der Waals surface area contributed by atoms with Crippen LogP contribution in [0.4, 0.5) is 5.69 Å². The van der Waals surface area contributed by atoms with E-state index in [-0.39, 0.29) is 23.0 Å². The van der Waals surface area contributed by atoms with E-state index in [2.05, 4.69) is 10.1 Å². The number of nitrogens with zero attached hydrogens (tertiary/aromatic N) is 4. The normalized spacial score (nSPS) is 15.3. The number of nitro benzene ring substituents is 1. The third-order valence-electron chi connectivity index (χ3n) is 3.65. The molecule has 0 aliphatic heterocycles. The number of hydrogen-bond acceptors (Lipinski definition) is 6. The minimum absolute atomic E-state index is 0.156. The SMILES string of the molecule is C[C@@H](OC(=O)c1ccc(-n2cncn2)c([N+](=O)[O-])c1)C1CC1. The van der Waals surface area contributed by atoms with E-state index in [0.717, 1.165) is 12.8 Å². The van der Waals surface area contributed by atoms with Crippen molar-refractivity contribution in [1.82, 2.24) is 14.8 Å². The van der Waals surface area contributed by atoms with Crippen molar-refractivity contribution in [3.05, 3.63) is 46.5 Å². The highest BCUT2D eigenvalue weighted by Crippen LogP contribution is 2.34. The number of hydrogen-bond donors (Lipinski definition) is 0. The Balaban J connectivity index is 1.88. The first-order valence-electron chi connectivity index (χ1n) is 6.90. The van der Waals surface area contributed by atoms with Gasteiger partial charge in [0.15, 0.2) is 0 Å². The second kappa shape index (κ2) is 5.55. The zero-order valence-electron chi connectivity index (χ0n) is 11.9. The lowest BCUT2D eigenvalue weighted by Crippen LogP contribution is -2.17. The van der Waals surface area contributed by atoms with Gasteiger partial charge in [-0.15, -0.1) is 0 Å². The molecule has 1 atom stereocenters. The number of benzene rings is 1. The summed E-state index contributed by atoms with van der Waals surface area (Å²) >= 11 is 0. The highest BCUT2D eigenvalue weighted by molar-refractivity contribution is 5.91. The van der Waals surface area contributed by atoms with Gasteiger partial charge in [-0.05, 0) is 37.8 Å². The number of esters is 1. The maximum Gasteiger partial charge on any atom is 0.338 e. The van der Waals surface area contributed by atoms with Crippen LogP contribution >= 0.6 is 0 Å². The van der Waals surface area contributed by atoms with Crippen LogP contribution in [0, 0.1) is 16.0 Å². The maximum atomic E-state index is 12.1. The summed E-state index contributed by atoms with van der Waals surface area (Å²) in [7, 11) is 0. The Kier molecular flexibility index (Phi) is 3.58.